The SMILES string of the molecule is Cc1nc(-c2cccn3cncc23)ccc1-n1c(=O)n(CC(=O)NC(C)C(F)(F)F)c2cccc(C)c21. The monoisotopic (exact) mass is 508 g/mol. The van der Waals surface area contributed by atoms with E-state index in [4.69, 9.17) is 4.98 Å². The van der Waals surface area contributed by atoms with Crippen LogP contribution in [0.4, 0.5) is 13.2 Å². The van der Waals surface area contributed by atoms with E-state index in [1.165, 1.54) is 9.13 Å². The minimum absolute atomic E-state index is 0.437. The third-order valence-corrected chi connectivity index (χ3v) is 6.35. The van der Waals surface area contributed by atoms with Crippen LogP contribution < -0.4 is 11.0 Å². The molecule has 0 aliphatic rings. The van der Waals surface area contributed by atoms with Gasteiger partial charge in [0, 0.05) is 11.8 Å². The Bertz CT molecular complexity index is 1710. The third kappa shape index (κ3) is 4.26. The van der Waals surface area contributed by atoms with Crippen LogP contribution in [-0.4, -0.2) is 41.6 Å². The summed E-state index contributed by atoms with van der Waals surface area (Å²) in [6.45, 7) is 3.90. The number of rotatable bonds is 5. The lowest BCUT2D eigenvalue weighted by molar-refractivity contribution is -0.158. The lowest BCUT2D eigenvalue weighted by atomic mass is 10.1. The molecule has 0 saturated carbocycles. The second kappa shape index (κ2) is 8.91. The summed E-state index contributed by atoms with van der Waals surface area (Å²) in [5.41, 5.74) is 4.74. The van der Waals surface area contributed by atoms with Crippen molar-refractivity contribution >= 4 is 22.5 Å². The van der Waals surface area contributed by atoms with Crippen molar-refractivity contribution in [1.29, 1.82) is 0 Å². The minimum Gasteiger partial charge on any atom is -0.343 e. The van der Waals surface area contributed by atoms with Crippen molar-refractivity contribution < 1.29 is 18.0 Å². The van der Waals surface area contributed by atoms with Crippen LogP contribution in [0.25, 0.3) is 33.5 Å². The van der Waals surface area contributed by atoms with Gasteiger partial charge in [0.1, 0.15) is 12.6 Å². The molecule has 1 atom stereocenters. The van der Waals surface area contributed by atoms with Gasteiger partial charge in [0.25, 0.3) is 0 Å². The molecule has 37 heavy (non-hydrogen) atoms. The van der Waals surface area contributed by atoms with Gasteiger partial charge in [-0.3, -0.25) is 18.9 Å². The molecule has 5 aromatic rings. The Morgan fingerprint density at radius 3 is 2.59 bits per heavy atom. The zero-order chi connectivity index (χ0) is 26.5. The number of hydrogen-bond acceptors (Lipinski definition) is 4. The van der Waals surface area contributed by atoms with Crippen molar-refractivity contribution in [3.63, 3.8) is 0 Å². The Morgan fingerprint density at radius 2 is 1.86 bits per heavy atom. The first-order valence-electron chi connectivity index (χ1n) is 11.5. The number of nitrogens with one attached hydrogen (secondary N) is 1. The molecule has 1 unspecified atom stereocenters. The maximum atomic E-state index is 13.6. The van der Waals surface area contributed by atoms with Crippen LogP contribution in [0.1, 0.15) is 18.2 Å². The first-order valence-corrected chi connectivity index (χ1v) is 11.5. The van der Waals surface area contributed by atoms with Gasteiger partial charge in [0.15, 0.2) is 0 Å². The Balaban J connectivity index is 1.60. The van der Waals surface area contributed by atoms with Gasteiger partial charge in [-0.25, -0.2) is 9.78 Å². The number of imidazole rings is 2. The van der Waals surface area contributed by atoms with E-state index in [0.29, 0.717) is 28.1 Å². The second-order valence-corrected chi connectivity index (χ2v) is 8.89. The van der Waals surface area contributed by atoms with Crippen molar-refractivity contribution in [2.45, 2.75) is 39.5 Å². The van der Waals surface area contributed by atoms with Gasteiger partial charge in [-0.2, -0.15) is 13.2 Å². The summed E-state index contributed by atoms with van der Waals surface area (Å²) >= 11 is 0. The number of hydrogen-bond donors (Lipinski definition) is 1. The maximum absolute atomic E-state index is 13.6. The Kier molecular flexibility index (Phi) is 5.85. The van der Waals surface area contributed by atoms with Crippen molar-refractivity contribution in [1.82, 2.24) is 28.8 Å². The standard InChI is InChI=1S/C26H23F3N6O2/c1-15-6-4-8-21-24(15)35(25(37)34(21)13-23(36)32-17(3)26(27,28)29)20-10-9-19(31-16(20)2)18-7-5-11-33-14-30-12-22(18)33/h4-12,14,17H,13H2,1-3H3,(H,32,36). The molecular weight excluding hydrogens is 485 g/mol. The van der Waals surface area contributed by atoms with Crippen LogP contribution in [0.5, 0.6) is 0 Å². The van der Waals surface area contributed by atoms with Crippen molar-refractivity contribution in [2.75, 3.05) is 0 Å². The number of fused-ring (bicyclic) bond motifs is 2. The van der Waals surface area contributed by atoms with E-state index in [9.17, 15) is 22.8 Å². The molecule has 1 aromatic carbocycles. The lowest BCUT2D eigenvalue weighted by Crippen LogP contribution is -2.45. The van der Waals surface area contributed by atoms with E-state index in [-0.39, 0.29) is 0 Å². The average molecular weight is 509 g/mol. The van der Waals surface area contributed by atoms with Gasteiger partial charge in [-0.05, 0) is 56.7 Å². The first-order chi connectivity index (χ1) is 17.6. The van der Waals surface area contributed by atoms with E-state index in [0.717, 1.165) is 23.6 Å². The molecule has 4 heterocycles. The van der Waals surface area contributed by atoms with Gasteiger partial charge in [0.05, 0.1) is 46.1 Å². The zero-order valence-corrected chi connectivity index (χ0v) is 20.2. The number of alkyl halides is 3. The molecule has 0 aliphatic heterocycles. The smallest absolute Gasteiger partial charge is 0.343 e. The lowest BCUT2D eigenvalue weighted by Gasteiger charge is -2.17. The molecule has 0 spiro atoms. The summed E-state index contributed by atoms with van der Waals surface area (Å²) in [6, 6.07) is 10.6. The fourth-order valence-corrected chi connectivity index (χ4v) is 4.47. The fraction of sp³-hybridized carbons (Fsp3) is 0.231. The van der Waals surface area contributed by atoms with Crippen molar-refractivity contribution in [3.05, 3.63) is 82.9 Å². The largest absolute Gasteiger partial charge is 0.408 e. The number of benzene rings is 1. The summed E-state index contributed by atoms with van der Waals surface area (Å²) in [7, 11) is 0. The zero-order valence-electron chi connectivity index (χ0n) is 20.2. The van der Waals surface area contributed by atoms with Crippen LogP contribution >= 0.6 is 0 Å². The van der Waals surface area contributed by atoms with Crippen molar-refractivity contribution in [2.24, 2.45) is 0 Å². The molecular formula is C26H23F3N6O2. The number of aromatic nitrogens is 5. The van der Waals surface area contributed by atoms with E-state index in [2.05, 4.69) is 4.98 Å². The van der Waals surface area contributed by atoms with E-state index >= 15 is 0 Å². The van der Waals surface area contributed by atoms with Crippen LogP contribution in [0, 0.1) is 13.8 Å². The molecule has 0 bridgehead atoms. The second-order valence-electron chi connectivity index (χ2n) is 8.89. The van der Waals surface area contributed by atoms with Gasteiger partial charge >= 0.3 is 11.9 Å². The summed E-state index contributed by atoms with van der Waals surface area (Å²) in [4.78, 5) is 35.0. The summed E-state index contributed by atoms with van der Waals surface area (Å²) in [5, 5.41) is 1.92. The first kappa shape index (κ1) is 24.3. The topological polar surface area (TPSA) is 86.2 Å². The molecule has 11 heteroatoms. The highest BCUT2D eigenvalue weighted by Crippen LogP contribution is 2.27. The van der Waals surface area contributed by atoms with Gasteiger partial charge < -0.3 is 9.72 Å². The summed E-state index contributed by atoms with van der Waals surface area (Å²) in [6.07, 6.45) is 0.738. The number of carbonyl (C=O) groups excluding carboxylic acids is 1. The highest BCUT2D eigenvalue weighted by Gasteiger charge is 2.37. The van der Waals surface area contributed by atoms with Gasteiger partial charge in [-0.15, -0.1) is 0 Å². The van der Waals surface area contributed by atoms with Crippen molar-refractivity contribution in [3.8, 4) is 16.9 Å². The van der Waals surface area contributed by atoms with Crippen LogP contribution in [0.2, 0.25) is 0 Å². The predicted molar refractivity (Wildman–Crippen MR) is 133 cm³/mol. The van der Waals surface area contributed by atoms with Gasteiger partial charge in [-0.1, -0.05) is 12.1 Å². The molecule has 0 saturated heterocycles. The Hall–Kier alpha value is -4.41. The molecule has 1 N–H and O–H groups in total. The highest BCUT2D eigenvalue weighted by molar-refractivity contribution is 5.85. The predicted octanol–water partition coefficient (Wildman–Crippen LogP) is 4.19. The number of pyridine rings is 2. The van der Waals surface area contributed by atoms with E-state index in [1.54, 1.807) is 43.7 Å². The molecule has 1 amide bonds. The van der Waals surface area contributed by atoms with Gasteiger partial charge in [0.2, 0.25) is 5.91 Å². The van der Waals surface area contributed by atoms with E-state index < -0.39 is 30.4 Å². The number of para-hydroxylation sites is 1. The molecule has 0 radical (unpaired) electrons. The highest BCUT2D eigenvalue weighted by atomic mass is 19.4. The van der Waals surface area contributed by atoms with E-state index in [1.807, 2.05) is 41.0 Å². The fourth-order valence-electron chi connectivity index (χ4n) is 4.47. The van der Waals surface area contributed by atoms with Crippen LogP contribution in [-0.2, 0) is 11.3 Å². The molecule has 0 fully saturated rings. The number of nitrogens with zero attached hydrogens (tertiary/aromatic N) is 5. The molecule has 0 aliphatic carbocycles. The normalized spacial score (nSPS) is 12.8. The number of carbonyl (C=O) groups is 1. The summed E-state index contributed by atoms with van der Waals surface area (Å²) in [5.74, 6) is -0.911. The number of halogens is 3. The molecule has 8 nitrogen and oxygen atoms in total. The molecule has 5 rings (SSSR count). The third-order valence-electron chi connectivity index (χ3n) is 6.35. The minimum atomic E-state index is -4.59. The average Bonchev–Trinajstić information content (AvgIpc) is 3.42. The Labute approximate surface area is 209 Å². The quantitative estimate of drug-likeness (QED) is 0.386. The maximum Gasteiger partial charge on any atom is 0.408 e. The Morgan fingerprint density at radius 1 is 1.08 bits per heavy atom. The van der Waals surface area contributed by atoms with Crippen LogP contribution in [0.3, 0.4) is 0 Å². The molecule has 4 aromatic heterocycles. The molecule has 190 valence electrons. The summed E-state index contributed by atoms with van der Waals surface area (Å²) < 4.78 is 43.3. The van der Waals surface area contributed by atoms with Crippen LogP contribution in [0.15, 0.2) is 66.0 Å². The number of amides is 1. The number of aryl methyl sites for hydroxylation is 2.